The van der Waals surface area contributed by atoms with Crippen molar-refractivity contribution in [2.24, 2.45) is 0 Å². The maximum absolute atomic E-state index is 10.8. The maximum Gasteiger partial charge on any atom is 0.328 e. The lowest BCUT2D eigenvalue weighted by Crippen LogP contribution is -2.42. The van der Waals surface area contributed by atoms with Gasteiger partial charge in [0.15, 0.2) is 0 Å². The third kappa shape index (κ3) is 3.59. The number of carbonyl (C=O) groups excluding carboxylic acids is 1. The first-order valence-corrected chi connectivity index (χ1v) is 4.54. The SMILES string of the molecule is CC(=O)NC(Cn1cc(Cl)cn1)C(=O)O. The highest BCUT2D eigenvalue weighted by Crippen LogP contribution is 2.05. The zero-order chi connectivity index (χ0) is 11.4. The van der Waals surface area contributed by atoms with Crippen LogP contribution in [0, 0.1) is 0 Å². The minimum absolute atomic E-state index is 0.0433. The first-order valence-electron chi connectivity index (χ1n) is 4.17. The molecule has 0 aliphatic heterocycles. The van der Waals surface area contributed by atoms with Gasteiger partial charge >= 0.3 is 5.97 Å². The second-order valence-electron chi connectivity index (χ2n) is 2.97. The molecule has 7 heteroatoms. The first-order chi connectivity index (χ1) is 6.99. The standard InChI is InChI=1S/C8H10ClN3O3/c1-5(13)11-7(8(14)15)4-12-3-6(9)2-10-12/h2-3,7H,4H2,1H3,(H,11,13)(H,14,15). The van der Waals surface area contributed by atoms with Gasteiger partial charge in [0.2, 0.25) is 5.91 Å². The van der Waals surface area contributed by atoms with Crippen LogP contribution in [0.1, 0.15) is 6.92 Å². The van der Waals surface area contributed by atoms with Gasteiger partial charge in [0, 0.05) is 13.1 Å². The maximum atomic E-state index is 10.8. The Morgan fingerprint density at radius 1 is 1.73 bits per heavy atom. The quantitative estimate of drug-likeness (QED) is 0.771. The fourth-order valence-electron chi connectivity index (χ4n) is 1.06. The number of rotatable bonds is 4. The van der Waals surface area contributed by atoms with E-state index >= 15 is 0 Å². The molecule has 1 rings (SSSR count). The van der Waals surface area contributed by atoms with Gasteiger partial charge in [-0.05, 0) is 0 Å². The number of carbonyl (C=O) groups is 2. The number of aromatic nitrogens is 2. The lowest BCUT2D eigenvalue weighted by Gasteiger charge is -2.12. The van der Waals surface area contributed by atoms with E-state index in [1.165, 1.54) is 24.0 Å². The molecule has 0 aliphatic carbocycles. The van der Waals surface area contributed by atoms with Crippen LogP contribution in [0.2, 0.25) is 5.02 Å². The molecule has 1 heterocycles. The summed E-state index contributed by atoms with van der Waals surface area (Å²) in [6.07, 6.45) is 2.88. The Morgan fingerprint density at radius 3 is 2.80 bits per heavy atom. The molecule has 15 heavy (non-hydrogen) atoms. The molecule has 0 radical (unpaired) electrons. The van der Waals surface area contributed by atoms with Gasteiger partial charge in [-0.25, -0.2) is 4.79 Å². The van der Waals surface area contributed by atoms with Crippen molar-refractivity contribution >= 4 is 23.5 Å². The Bertz CT molecular complexity index is 377. The van der Waals surface area contributed by atoms with Crippen molar-refractivity contribution in [3.8, 4) is 0 Å². The van der Waals surface area contributed by atoms with E-state index in [1.807, 2.05) is 0 Å². The summed E-state index contributed by atoms with van der Waals surface area (Å²) in [5.74, 6) is -1.52. The van der Waals surface area contributed by atoms with Crippen molar-refractivity contribution in [2.45, 2.75) is 19.5 Å². The molecule has 1 aromatic heterocycles. The predicted octanol–water partition coefficient (Wildman–Crippen LogP) is 0.126. The zero-order valence-electron chi connectivity index (χ0n) is 7.98. The Hall–Kier alpha value is -1.56. The third-order valence-corrected chi connectivity index (χ3v) is 1.84. The van der Waals surface area contributed by atoms with Crippen LogP contribution in [0.4, 0.5) is 0 Å². The number of nitrogens with zero attached hydrogens (tertiary/aromatic N) is 2. The summed E-state index contributed by atoms with van der Waals surface area (Å²) in [6, 6.07) is -1.00. The summed E-state index contributed by atoms with van der Waals surface area (Å²) in [6.45, 7) is 1.30. The van der Waals surface area contributed by atoms with Crippen molar-refractivity contribution in [1.82, 2.24) is 15.1 Å². The predicted molar refractivity (Wildman–Crippen MR) is 52.5 cm³/mol. The van der Waals surface area contributed by atoms with Gasteiger partial charge in [0.05, 0.1) is 17.8 Å². The highest BCUT2D eigenvalue weighted by atomic mass is 35.5. The minimum atomic E-state index is -1.11. The molecule has 82 valence electrons. The summed E-state index contributed by atoms with van der Waals surface area (Å²) in [4.78, 5) is 21.5. The fraction of sp³-hybridized carbons (Fsp3) is 0.375. The van der Waals surface area contributed by atoms with Gasteiger partial charge < -0.3 is 10.4 Å². The summed E-state index contributed by atoms with van der Waals surface area (Å²) >= 11 is 5.61. The van der Waals surface area contributed by atoms with Crippen LogP contribution in [0.5, 0.6) is 0 Å². The number of hydrogen-bond donors (Lipinski definition) is 2. The smallest absolute Gasteiger partial charge is 0.328 e. The molecule has 0 saturated carbocycles. The van der Waals surface area contributed by atoms with Crippen LogP contribution in [0.3, 0.4) is 0 Å². The highest BCUT2D eigenvalue weighted by Gasteiger charge is 2.19. The topological polar surface area (TPSA) is 84.2 Å². The molecular weight excluding hydrogens is 222 g/mol. The fourth-order valence-corrected chi connectivity index (χ4v) is 1.21. The lowest BCUT2D eigenvalue weighted by atomic mass is 10.3. The van der Waals surface area contributed by atoms with Crippen molar-refractivity contribution in [3.05, 3.63) is 17.4 Å². The van der Waals surface area contributed by atoms with Crippen molar-refractivity contribution in [3.63, 3.8) is 0 Å². The molecule has 2 N–H and O–H groups in total. The van der Waals surface area contributed by atoms with Crippen molar-refractivity contribution < 1.29 is 14.7 Å². The second kappa shape index (κ2) is 4.79. The Labute approximate surface area is 90.8 Å². The third-order valence-electron chi connectivity index (χ3n) is 1.65. The molecule has 1 aromatic rings. The molecule has 0 fully saturated rings. The largest absolute Gasteiger partial charge is 0.480 e. The number of amides is 1. The van der Waals surface area contributed by atoms with Crippen molar-refractivity contribution in [1.29, 1.82) is 0 Å². The van der Waals surface area contributed by atoms with E-state index in [2.05, 4.69) is 10.4 Å². The molecule has 0 aromatic carbocycles. The molecule has 1 unspecified atom stereocenters. The van der Waals surface area contributed by atoms with Gasteiger partial charge in [0.25, 0.3) is 0 Å². The molecule has 0 spiro atoms. The summed E-state index contributed by atoms with van der Waals surface area (Å²) < 4.78 is 1.36. The number of nitrogens with one attached hydrogen (secondary N) is 1. The van der Waals surface area contributed by atoms with Crippen LogP contribution >= 0.6 is 11.6 Å². The van der Waals surface area contributed by atoms with Gasteiger partial charge in [0.1, 0.15) is 6.04 Å². The van der Waals surface area contributed by atoms with E-state index in [0.29, 0.717) is 5.02 Å². The van der Waals surface area contributed by atoms with E-state index < -0.39 is 17.9 Å². The summed E-state index contributed by atoms with van der Waals surface area (Å²) in [5.41, 5.74) is 0. The summed E-state index contributed by atoms with van der Waals surface area (Å²) in [5, 5.41) is 15.3. The second-order valence-corrected chi connectivity index (χ2v) is 3.41. The van der Waals surface area contributed by atoms with E-state index in [1.54, 1.807) is 0 Å². The van der Waals surface area contributed by atoms with E-state index in [-0.39, 0.29) is 6.54 Å². The molecule has 1 amide bonds. The highest BCUT2D eigenvalue weighted by molar-refractivity contribution is 6.30. The van der Waals surface area contributed by atoms with E-state index in [0.717, 1.165) is 0 Å². The number of hydrogen-bond acceptors (Lipinski definition) is 3. The molecule has 6 nitrogen and oxygen atoms in total. The molecule has 0 aliphatic rings. The van der Waals surface area contributed by atoms with Gasteiger partial charge in [-0.2, -0.15) is 5.10 Å². The normalized spacial score (nSPS) is 12.1. The Kier molecular flexibility index (Phi) is 3.68. The lowest BCUT2D eigenvalue weighted by molar-refractivity contribution is -0.142. The van der Waals surface area contributed by atoms with Crippen LogP contribution in [-0.2, 0) is 16.1 Å². The molecule has 0 bridgehead atoms. The monoisotopic (exact) mass is 231 g/mol. The average molecular weight is 232 g/mol. The van der Waals surface area contributed by atoms with Crippen molar-refractivity contribution in [2.75, 3.05) is 0 Å². The van der Waals surface area contributed by atoms with Crippen LogP contribution in [-0.4, -0.2) is 32.8 Å². The van der Waals surface area contributed by atoms with Crippen LogP contribution in [0.15, 0.2) is 12.4 Å². The Morgan fingerprint density at radius 2 is 2.40 bits per heavy atom. The van der Waals surface area contributed by atoms with Crippen LogP contribution < -0.4 is 5.32 Å². The van der Waals surface area contributed by atoms with E-state index in [9.17, 15) is 9.59 Å². The number of aliphatic carboxylic acids is 1. The van der Waals surface area contributed by atoms with Crippen LogP contribution in [0.25, 0.3) is 0 Å². The molecule has 1 atom stereocenters. The van der Waals surface area contributed by atoms with E-state index in [4.69, 9.17) is 16.7 Å². The minimum Gasteiger partial charge on any atom is -0.480 e. The summed E-state index contributed by atoms with van der Waals surface area (Å²) in [7, 11) is 0. The van der Waals surface area contributed by atoms with Gasteiger partial charge in [-0.1, -0.05) is 11.6 Å². The zero-order valence-corrected chi connectivity index (χ0v) is 8.73. The number of halogens is 1. The van der Waals surface area contributed by atoms with Gasteiger partial charge in [-0.15, -0.1) is 0 Å². The first kappa shape index (κ1) is 11.5. The number of carboxylic acids is 1. The van der Waals surface area contributed by atoms with Gasteiger partial charge in [-0.3, -0.25) is 9.48 Å². The molecular formula is C8H10ClN3O3. The Balaban J connectivity index is 2.66. The number of carboxylic acid groups (broad SMARTS) is 1. The average Bonchev–Trinajstić information content (AvgIpc) is 2.49. The molecule has 0 saturated heterocycles.